The smallest absolute Gasteiger partial charge is 0.166 e. The van der Waals surface area contributed by atoms with Crippen LogP contribution in [0.2, 0.25) is 0 Å². The van der Waals surface area contributed by atoms with E-state index in [1.807, 2.05) is 0 Å². The zero-order valence-electron chi connectivity index (χ0n) is 10.4. The van der Waals surface area contributed by atoms with Gasteiger partial charge in [0.1, 0.15) is 0 Å². The summed E-state index contributed by atoms with van der Waals surface area (Å²) in [7, 11) is 0. The van der Waals surface area contributed by atoms with Gasteiger partial charge in [0.25, 0.3) is 0 Å². The van der Waals surface area contributed by atoms with Crippen LogP contribution in [0, 0.1) is 13.8 Å². The van der Waals surface area contributed by atoms with Crippen molar-refractivity contribution in [3.05, 3.63) is 29.3 Å². The van der Waals surface area contributed by atoms with Gasteiger partial charge in [0.05, 0.1) is 0 Å². The second-order valence-corrected chi connectivity index (χ2v) is 4.95. The van der Waals surface area contributed by atoms with Crippen molar-refractivity contribution in [3.63, 3.8) is 0 Å². The lowest BCUT2D eigenvalue weighted by Crippen LogP contribution is -2.50. The first-order valence-electron chi connectivity index (χ1n) is 5.95. The van der Waals surface area contributed by atoms with Crippen LogP contribution in [-0.2, 0) is 0 Å². The minimum absolute atomic E-state index is 0.519. The van der Waals surface area contributed by atoms with Crippen molar-refractivity contribution < 1.29 is 0 Å². The first-order valence-corrected chi connectivity index (χ1v) is 6.36. The quantitative estimate of drug-likeness (QED) is 0.767. The number of nitrogens with zero attached hydrogens (tertiary/aromatic N) is 2. The molecular weight excluding hydrogens is 230 g/mol. The maximum atomic E-state index is 5.64. The van der Waals surface area contributed by atoms with Crippen LogP contribution in [0.15, 0.2) is 18.2 Å². The molecule has 1 aromatic carbocycles. The van der Waals surface area contributed by atoms with E-state index in [4.69, 9.17) is 18.0 Å². The third-order valence-electron chi connectivity index (χ3n) is 3.51. The molecule has 1 heterocycles. The van der Waals surface area contributed by atoms with E-state index >= 15 is 0 Å². The molecule has 0 atom stereocenters. The second-order valence-electron chi connectivity index (χ2n) is 4.53. The highest BCUT2D eigenvalue weighted by molar-refractivity contribution is 7.80. The Kier molecular flexibility index (Phi) is 3.52. The number of nitrogens with two attached hydrogens (primary N) is 1. The van der Waals surface area contributed by atoms with Crippen molar-refractivity contribution in [1.29, 1.82) is 0 Å². The molecule has 1 saturated heterocycles. The highest BCUT2D eigenvalue weighted by atomic mass is 32.1. The first-order chi connectivity index (χ1) is 8.09. The van der Waals surface area contributed by atoms with Gasteiger partial charge in [-0.05, 0) is 43.3 Å². The number of rotatable bonds is 1. The van der Waals surface area contributed by atoms with Crippen molar-refractivity contribution in [2.75, 3.05) is 31.1 Å². The van der Waals surface area contributed by atoms with Crippen molar-refractivity contribution >= 4 is 23.0 Å². The number of piperazine rings is 1. The fraction of sp³-hybridized carbons (Fsp3) is 0.462. The second kappa shape index (κ2) is 4.92. The third-order valence-corrected chi connectivity index (χ3v) is 3.77. The molecule has 1 aromatic rings. The normalized spacial score (nSPS) is 16.1. The molecule has 2 rings (SSSR count). The molecule has 0 aromatic heterocycles. The van der Waals surface area contributed by atoms with E-state index in [1.54, 1.807) is 0 Å². The Hall–Kier alpha value is -1.29. The van der Waals surface area contributed by atoms with Gasteiger partial charge in [-0.25, -0.2) is 0 Å². The van der Waals surface area contributed by atoms with E-state index in [1.165, 1.54) is 16.8 Å². The van der Waals surface area contributed by atoms with Crippen molar-refractivity contribution in [1.82, 2.24) is 4.90 Å². The highest BCUT2D eigenvalue weighted by Crippen LogP contribution is 2.23. The molecule has 0 amide bonds. The van der Waals surface area contributed by atoms with Crippen LogP contribution in [0.4, 0.5) is 5.69 Å². The lowest BCUT2D eigenvalue weighted by Gasteiger charge is -2.37. The fourth-order valence-corrected chi connectivity index (χ4v) is 2.43. The van der Waals surface area contributed by atoms with Gasteiger partial charge >= 0.3 is 0 Å². The number of thiocarbonyl (C=S) groups is 1. The SMILES string of the molecule is Cc1cccc(N2CCN(C(N)=S)CC2)c1C. The lowest BCUT2D eigenvalue weighted by atomic mass is 10.1. The number of aryl methyl sites for hydroxylation is 1. The van der Waals surface area contributed by atoms with E-state index in [2.05, 4.69) is 41.8 Å². The van der Waals surface area contributed by atoms with Crippen LogP contribution in [-0.4, -0.2) is 36.2 Å². The predicted molar refractivity (Wildman–Crippen MR) is 76.5 cm³/mol. The Labute approximate surface area is 108 Å². The van der Waals surface area contributed by atoms with E-state index in [9.17, 15) is 0 Å². The molecule has 0 saturated carbocycles. The molecule has 1 aliphatic heterocycles. The van der Waals surface area contributed by atoms with Gasteiger partial charge in [0.15, 0.2) is 5.11 Å². The van der Waals surface area contributed by atoms with Gasteiger partial charge in [0, 0.05) is 31.9 Å². The standard InChI is InChI=1S/C13H19N3S/c1-10-4-3-5-12(11(10)2)15-6-8-16(9-7-15)13(14)17/h3-5H,6-9H2,1-2H3,(H2,14,17). The van der Waals surface area contributed by atoms with Gasteiger partial charge in [-0.2, -0.15) is 0 Å². The summed E-state index contributed by atoms with van der Waals surface area (Å²) in [6.45, 7) is 8.16. The molecule has 2 N–H and O–H groups in total. The van der Waals surface area contributed by atoms with E-state index in [0.29, 0.717) is 5.11 Å². The molecule has 92 valence electrons. The van der Waals surface area contributed by atoms with Crippen molar-refractivity contribution in [2.45, 2.75) is 13.8 Å². The van der Waals surface area contributed by atoms with Crippen LogP contribution in [0.3, 0.4) is 0 Å². The molecular formula is C13H19N3S. The highest BCUT2D eigenvalue weighted by Gasteiger charge is 2.18. The Morgan fingerprint density at radius 3 is 2.41 bits per heavy atom. The van der Waals surface area contributed by atoms with Crippen LogP contribution in [0.5, 0.6) is 0 Å². The third kappa shape index (κ3) is 2.52. The minimum atomic E-state index is 0.519. The average Bonchev–Trinajstić information content (AvgIpc) is 2.33. The van der Waals surface area contributed by atoms with Crippen molar-refractivity contribution in [2.24, 2.45) is 5.73 Å². The summed E-state index contributed by atoms with van der Waals surface area (Å²) in [6, 6.07) is 6.47. The van der Waals surface area contributed by atoms with Gasteiger partial charge < -0.3 is 15.5 Å². The largest absolute Gasteiger partial charge is 0.376 e. The fourth-order valence-electron chi connectivity index (χ4n) is 2.25. The number of hydrogen-bond acceptors (Lipinski definition) is 2. The topological polar surface area (TPSA) is 32.5 Å². The molecule has 0 aliphatic carbocycles. The van der Waals surface area contributed by atoms with Gasteiger partial charge in [-0.1, -0.05) is 12.1 Å². The van der Waals surface area contributed by atoms with E-state index in [-0.39, 0.29) is 0 Å². The van der Waals surface area contributed by atoms with Crippen LogP contribution in [0.25, 0.3) is 0 Å². The molecule has 17 heavy (non-hydrogen) atoms. The summed E-state index contributed by atoms with van der Waals surface area (Å²) in [5.41, 5.74) is 9.70. The summed E-state index contributed by atoms with van der Waals surface area (Å²) in [4.78, 5) is 4.48. The Morgan fingerprint density at radius 1 is 1.18 bits per heavy atom. The molecule has 0 spiro atoms. The summed E-state index contributed by atoms with van der Waals surface area (Å²) < 4.78 is 0. The lowest BCUT2D eigenvalue weighted by molar-refractivity contribution is 0.388. The molecule has 3 nitrogen and oxygen atoms in total. The zero-order valence-corrected chi connectivity index (χ0v) is 11.3. The van der Waals surface area contributed by atoms with Crippen LogP contribution in [0.1, 0.15) is 11.1 Å². The Bertz CT molecular complexity index is 423. The van der Waals surface area contributed by atoms with Gasteiger partial charge in [-0.3, -0.25) is 0 Å². The first kappa shape index (κ1) is 12.2. The number of hydrogen-bond donors (Lipinski definition) is 1. The number of anilines is 1. The van der Waals surface area contributed by atoms with E-state index < -0.39 is 0 Å². The molecule has 0 bridgehead atoms. The zero-order chi connectivity index (χ0) is 12.4. The van der Waals surface area contributed by atoms with Gasteiger partial charge in [0.2, 0.25) is 0 Å². The maximum absolute atomic E-state index is 5.64. The van der Waals surface area contributed by atoms with Gasteiger partial charge in [-0.15, -0.1) is 0 Å². The summed E-state index contributed by atoms with van der Waals surface area (Å²) in [5, 5.41) is 0.519. The summed E-state index contributed by atoms with van der Waals surface area (Å²) in [6.07, 6.45) is 0. The maximum Gasteiger partial charge on any atom is 0.166 e. The summed E-state index contributed by atoms with van der Waals surface area (Å²) >= 11 is 5.00. The molecule has 0 radical (unpaired) electrons. The van der Waals surface area contributed by atoms with Crippen LogP contribution >= 0.6 is 12.2 Å². The minimum Gasteiger partial charge on any atom is -0.376 e. The molecule has 1 fully saturated rings. The molecule has 1 aliphatic rings. The summed E-state index contributed by atoms with van der Waals surface area (Å²) in [5.74, 6) is 0. The molecule has 0 unspecified atom stereocenters. The van der Waals surface area contributed by atoms with Crippen molar-refractivity contribution in [3.8, 4) is 0 Å². The van der Waals surface area contributed by atoms with Crippen LogP contribution < -0.4 is 10.6 Å². The molecule has 4 heteroatoms. The Balaban J connectivity index is 2.10. The van der Waals surface area contributed by atoms with E-state index in [0.717, 1.165) is 26.2 Å². The monoisotopic (exact) mass is 249 g/mol. The predicted octanol–water partition coefficient (Wildman–Crippen LogP) is 1.67. The average molecular weight is 249 g/mol. The number of benzene rings is 1. The Morgan fingerprint density at radius 2 is 1.82 bits per heavy atom.